The van der Waals surface area contributed by atoms with Gasteiger partial charge in [0, 0.05) is 20.2 Å². The second-order valence-electron chi connectivity index (χ2n) is 4.02. The third kappa shape index (κ3) is 2.74. The molecule has 1 heterocycles. The third-order valence-corrected chi connectivity index (χ3v) is 2.82. The number of anilines is 2. The number of aromatic nitrogens is 2. The molecule has 0 amide bonds. The number of nitrogen functional groups attached to an aromatic ring is 1. The van der Waals surface area contributed by atoms with Crippen LogP contribution < -0.4 is 10.6 Å². The molecule has 2 N–H and O–H groups in total. The molecule has 0 saturated heterocycles. The fraction of sp³-hybridized carbons (Fsp3) is 0.417. The van der Waals surface area contributed by atoms with Crippen LogP contribution in [0.1, 0.15) is 6.42 Å². The minimum absolute atomic E-state index is 0.418. The zero-order chi connectivity index (χ0) is 13.7. The van der Waals surface area contributed by atoms with Crippen molar-refractivity contribution in [3.8, 4) is 6.07 Å². The Morgan fingerprint density at radius 3 is 2.89 bits per heavy atom. The molecule has 100 valence electrons. The summed E-state index contributed by atoms with van der Waals surface area (Å²) in [4.78, 5) is 2.01. The number of ether oxygens (including phenoxy) is 1. The quantitative estimate of drug-likeness (QED) is 0.779. The van der Waals surface area contributed by atoms with Crippen LogP contribution in [0.2, 0.25) is 0 Å². The number of nitriles is 1. The summed E-state index contributed by atoms with van der Waals surface area (Å²) in [7, 11) is 1.64. The summed E-state index contributed by atoms with van der Waals surface area (Å²) >= 11 is 0. The lowest BCUT2D eigenvalue weighted by Gasteiger charge is -2.23. The zero-order valence-corrected chi connectivity index (χ0v) is 10.7. The Labute approximate surface area is 110 Å². The molecule has 0 spiro atoms. The summed E-state index contributed by atoms with van der Waals surface area (Å²) in [5.41, 5.74) is 8.32. The van der Waals surface area contributed by atoms with Gasteiger partial charge < -0.3 is 15.4 Å². The van der Waals surface area contributed by atoms with E-state index < -0.39 is 0 Å². The van der Waals surface area contributed by atoms with E-state index in [1.165, 1.54) is 0 Å². The average molecular weight is 261 g/mol. The maximum Gasteiger partial charge on any atom is 0.160 e. The minimum atomic E-state index is 0.418. The lowest BCUT2D eigenvalue weighted by atomic mass is 10.2. The van der Waals surface area contributed by atoms with Crippen molar-refractivity contribution in [2.75, 3.05) is 37.4 Å². The first-order valence-corrected chi connectivity index (χ1v) is 5.89. The summed E-state index contributed by atoms with van der Waals surface area (Å²) in [5, 5.41) is 16.4. The highest BCUT2D eigenvalue weighted by Gasteiger charge is 2.15. The maximum absolute atomic E-state index is 8.73. The van der Waals surface area contributed by atoms with E-state index in [2.05, 4.69) is 16.4 Å². The van der Waals surface area contributed by atoms with Gasteiger partial charge in [-0.1, -0.05) is 0 Å². The number of rotatable bonds is 6. The summed E-state index contributed by atoms with van der Waals surface area (Å²) < 4.78 is 9.82. The van der Waals surface area contributed by atoms with E-state index in [4.69, 9.17) is 20.4 Å². The van der Waals surface area contributed by atoms with Gasteiger partial charge in [0.05, 0.1) is 30.5 Å². The molecule has 0 atom stereocenters. The molecule has 2 aromatic rings. The summed E-state index contributed by atoms with van der Waals surface area (Å²) in [6.07, 6.45) is 0.418. The Hall–Kier alpha value is -2.33. The van der Waals surface area contributed by atoms with Crippen LogP contribution in [0.3, 0.4) is 0 Å². The molecule has 1 aromatic carbocycles. The van der Waals surface area contributed by atoms with Crippen molar-refractivity contribution in [3.63, 3.8) is 0 Å². The largest absolute Gasteiger partial charge is 0.397 e. The number of hydrogen-bond acceptors (Lipinski definition) is 7. The highest BCUT2D eigenvalue weighted by Crippen LogP contribution is 2.28. The van der Waals surface area contributed by atoms with Crippen LogP contribution in [0.5, 0.6) is 0 Å². The normalized spacial score (nSPS) is 10.5. The highest BCUT2D eigenvalue weighted by molar-refractivity contribution is 5.95. The monoisotopic (exact) mass is 261 g/mol. The van der Waals surface area contributed by atoms with Crippen LogP contribution in [-0.2, 0) is 4.74 Å². The first-order chi connectivity index (χ1) is 9.27. The molecule has 0 aliphatic carbocycles. The molecule has 0 fully saturated rings. The molecule has 2 rings (SSSR count). The van der Waals surface area contributed by atoms with Crippen molar-refractivity contribution < 1.29 is 9.37 Å². The number of fused-ring (bicyclic) bond motifs is 1. The van der Waals surface area contributed by atoms with Crippen LogP contribution in [0.25, 0.3) is 11.0 Å². The fourth-order valence-electron chi connectivity index (χ4n) is 1.87. The lowest BCUT2D eigenvalue weighted by molar-refractivity contribution is 0.205. The van der Waals surface area contributed by atoms with Crippen LogP contribution in [0.4, 0.5) is 11.4 Å². The fourth-order valence-corrected chi connectivity index (χ4v) is 1.87. The summed E-state index contributed by atoms with van der Waals surface area (Å²) in [6.45, 7) is 1.80. The summed E-state index contributed by atoms with van der Waals surface area (Å²) in [5.74, 6) is 0. The first-order valence-electron chi connectivity index (χ1n) is 5.89. The Balaban J connectivity index is 2.35. The van der Waals surface area contributed by atoms with Crippen molar-refractivity contribution in [3.05, 3.63) is 12.1 Å². The average Bonchev–Trinajstić information content (AvgIpc) is 2.90. The van der Waals surface area contributed by atoms with E-state index in [0.29, 0.717) is 42.8 Å². The van der Waals surface area contributed by atoms with Gasteiger partial charge in [0.1, 0.15) is 0 Å². The minimum Gasteiger partial charge on any atom is -0.397 e. The first kappa shape index (κ1) is 13.1. The molecule has 0 radical (unpaired) electrons. The van der Waals surface area contributed by atoms with Gasteiger partial charge in [-0.2, -0.15) is 5.26 Å². The SMILES string of the molecule is COCCN(CCC#N)c1ccc(N)c2nonc12. The van der Waals surface area contributed by atoms with E-state index in [1.807, 2.05) is 11.0 Å². The van der Waals surface area contributed by atoms with Gasteiger partial charge in [-0.05, 0) is 22.4 Å². The number of methoxy groups -OCH3 is 1. The predicted molar refractivity (Wildman–Crippen MR) is 70.5 cm³/mol. The number of nitrogens with zero attached hydrogens (tertiary/aromatic N) is 4. The lowest BCUT2D eigenvalue weighted by Crippen LogP contribution is -2.28. The molecule has 0 bridgehead atoms. The molecule has 0 aliphatic rings. The molecular weight excluding hydrogens is 246 g/mol. The Bertz CT molecular complexity index is 589. The number of benzene rings is 1. The van der Waals surface area contributed by atoms with E-state index in [9.17, 15) is 0 Å². The molecule has 7 heteroatoms. The van der Waals surface area contributed by atoms with Crippen molar-refractivity contribution in [2.45, 2.75) is 6.42 Å². The van der Waals surface area contributed by atoms with Crippen molar-refractivity contribution in [1.29, 1.82) is 5.26 Å². The molecule has 0 unspecified atom stereocenters. The van der Waals surface area contributed by atoms with Gasteiger partial charge in [-0.15, -0.1) is 0 Å². The van der Waals surface area contributed by atoms with Gasteiger partial charge in [0.15, 0.2) is 11.0 Å². The van der Waals surface area contributed by atoms with Gasteiger partial charge in [0.2, 0.25) is 0 Å². The second-order valence-corrected chi connectivity index (χ2v) is 4.02. The molecule has 0 aliphatic heterocycles. The maximum atomic E-state index is 8.73. The van der Waals surface area contributed by atoms with Crippen LogP contribution in [0.15, 0.2) is 16.8 Å². The van der Waals surface area contributed by atoms with Gasteiger partial charge >= 0.3 is 0 Å². The number of hydrogen-bond donors (Lipinski definition) is 1. The smallest absolute Gasteiger partial charge is 0.160 e. The van der Waals surface area contributed by atoms with Crippen molar-refractivity contribution in [2.24, 2.45) is 0 Å². The molecule has 0 saturated carbocycles. The van der Waals surface area contributed by atoms with E-state index >= 15 is 0 Å². The molecule has 7 nitrogen and oxygen atoms in total. The Morgan fingerprint density at radius 1 is 1.37 bits per heavy atom. The standard InChI is InChI=1S/C12H15N5O2/c1-18-8-7-17(6-2-5-13)10-4-3-9(14)11-12(10)16-19-15-11/h3-4H,2,6-8,14H2,1H3. The predicted octanol–water partition coefficient (Wildman–Crippen LogP) is 1.17. The molecule has 19 heavy (non-hydrogen) atoms. The van der Waals surface area contributed by atoms with Crippen molar-refractivity contribution >= 4 is 22.4 Å². The highest BCUT2D eigenvalue weighted by atomic mass is 16.6. The zero-order valence-electron chi connectivity index (χ0n) is 10.7. The molecule has 1 aromatic heterocycles. The van der Waals surface area contributed by atoms with Crippen LogP contribution >= 0.6 is 0 Å². The summed E-state index contributed by atoms with van der Waals surface area (Å²) in [6, 6.07) is 5.75. The van der Waals surface area contributed by atoms with E-state index in [1.54, 1.807) is 13.2 Å². The van der Waals surface area contributed by atoms with Crippen LogP contribution in [-0.4, -0.2) is 37.1 Å². The van der Waals surface area contributed by atoms with Crippen LogP contribution in [0, 0.1) is 11.3 Å². The number of nitrogens with two attached hydrogens (primary N) is 1. The second kappa shape index (κ2) is 6.02. The Morgan fingerprint density at radius 2 is 2.16 bits per heavy atom. The van der Waals surface area contributed by atoms with Crippen molar-refractivity contribution in [1.82, 2.24) is 10.3 Å². The van der Waals surface area contributed by atoms with E-state index in [-0.39, 0.29) is 0 Å². The van der Waals surface area contributed by atoms with Gasteiger partial charge in [-0.25, -0.2) is 4.63 Å². The Kier molecular flexibility index (Phi) is 4.15. The topological polar surface area (TPSA) is 101 Å². The van der Waals surface area contributed by atoms with E-state index in [0.717, 1.165) is 5.69 Å². The van der Waals surface area contributed by atoms with Gasteiger partial charge in [0.25, 0.3) is 0 Å². The molecular formula is C12H15N5O2. The third-order valence-electron chi connectivity index (χ3n) is 2.82. The van der Waals surface area contributed by atoms with Gasteiger partial charge in [-0.3, -0.25) is 0 Å².